The number of hydrogen-bond acceptors (Lipinski definition) is 2. The SMILES string of the molecule is COc1ccc(NC(=O)c2c(C)c3c(n2Cc2ccc(F)cc2)CCCC3)cc1. The molecule has 0 aliphatic heterocycles. The standard InChI is InChI=1S/C24H25FN2O2/c1-16-21-5-3-4-6-22(21)27(15-17-7-9-18(25)10-8-17)23(16)24(28)26-19-11-13-20(29-2)14-12-19/h7-14H,3-6,15H2,1-2H3,(H,26,28). The van der Waals surface area contributed by atoms with Gasteiger partial charge < -0.3 is 14.6 Å². The summed E-state index contributed by atoms with van der Waals surface area (Å²) in [5, 5.41) is 3.02. The number of methoxy groups -OCH3 is 1. The normalized spacial score (nSPS) is 13.1. The second-order valence-corrected chi connectivity index (χ2v) is 7.50. The number of carbonyl (C=O) groups is 1. The minimum absolute atomic E-state index is 0.121. The molecule has 1 N–H and O–H groups in total. The molecule has 150 valence electrons. The monoisotopic (exact) mass is 392 g/mol. The second-order valence-electron chi connectivity index (χ2n) is 7.50. The maximum Gasteiger partial charge on any atom is 0.272 e. The van der Waals surface area contributed by atoms with Crippen molar-refractivity contribution in [3.8, 4) is 5.75 Å². The lowest BCUT2D eigenvalue weighted by atomic mass is 9.95. The molecule has 0 unspecified atom stereocenters. The molecular formula is C24H25FN2O2. The van der Waals surface area contributed by atoms with Gasteiger partial charge in [0.15, 0.2) is 0 Å². The molecule has 0 radical (unpaired) electrons. The molecule has 4 nitrogen and oxygen atoms in total. The summed E-state index contributed by atoms with van der Waals surface area (Å²) < 4.78 is 20.6. The number of anilines is 1. The Morgan fingerprint density at radius 3 is 2.45 bits per heavy atom. The van der Waals surface area contributed by atoms with Crippen molar-refractivity contribution in [2.45, 2.75) is 39.2 Å². The molecule has 0 saturated heterocycles. The van der Waals surface area contributed by atoms with E-state index in [1.165, 1.54) is 23.4 Å². The molecule has 1 amide bonds. The van der Waals surface area contributed by atoms with Crippen LogP contribution in [0.4, 0.5) is 10.1 Å². The van der Waals surface area contributed by atoms with Crippen LogP contribution in [0.2, 0.25) is 0 Å². The molecule has 2 aromatic carbocycles. The van der Waals surface area contributed by atoms with E-state index in [-0.39, 0.29) is 11.7 Å². The van der Waals surface area contributed by atoms with E-state index in [2.05, 4.69) is 9.88 Å². The van der Waals surface area contributed by atoms with E-state index in [9.17, 15) is 9.18 Å². The van der Waals surface area contributed by atoms with Crippen molar-refractivity contribution in [1.82, 2.24) is 4.57 Å². The molecule has 1 aromatic heterocycles. The van der Waals surface area contributed by atoms with E-state index in [0.29, 0.717) is 12.2 Å². The average molecular weight is 392 g/mol. The molecule has 0 spiro atoms. The molecule has 1 aliphatic carbocycles. The first-order valence-electron chi connectivity index (χ1n) is 9.97. The minimum Gasteiger partial charge on any atom is -0.497 e. The van der Waals surface area contributed by atoms with Crippen LogP contribution in [-0.2, 0) is 19.4 Å². The van der Waals surface area contributed by atoms with Gasteiger partial charge in [-0.25, -0.2) is 4.39 Å². The number of nitrogens with zero attached hydrogens (tertiary/aromatic N) is 1. The van der Waals surface area contributed by atoms with Crippen LogP contribution in [0.15, 0.2) is 48.5 Å². The van der Waals surface area contributed by atoms with Crippen LogP contribution in [0.5, 0.6) is 5.75 Å². The summed E-state index contributed by atoms with van der Waals surface area (Å²) in [5.41, 5.74) is 5.97. The van der Waals surface area contributed by atoms with E-state index >= 15 is 0 Å². The summed E-state index contributed by atoms with van der Waals surface area (Å²) in [7, 11) is 1.61. The predicted octanol–water partition coefficient (Wildman–Crippen LogP) is 5.12. The van der Waals surface area contributed by atoms with Crippen molar-refractivity contribution >= 4 is 11.6 Å². The van der Waals surface area contributed by atoms with E-state index in [4.69, 9.17) is 4.74 Å². The first kappa shape index (κ1) is 19.2. The summed E-state index contributed by atoms with van der Waals surface area (Å²) >= 11 is 0. The molecule has 29 heavy (non-hydrogen) atoms. The highest BCUT2D eigenvalue weighted by Gasteiger charge is 2.26. The Hall–Kier alpha value is -3.08. The van der Waals surface area contributed by atoms with Gasteiger partial charge in [0.2, 0.25) is 0 Å². The highest BCUT2D eigenvalue weighted by atomic mass is 19.1. The number of aromatic nitrogens is 1. The number of benzene rings is 2. The lowest BCUT2D eigenvalue weighted by Gasteiger charge is -2.17. The van der Waals surface area contributed by atoms with Gasteiger partial charge in [0, 0.05) is 17.9 Å². The van der Waals surface area contributed by atoms with Gasteiger partial charge >= 0.3 is 0 Å². The van der Waals surface area contributed by atoms with Gasteiger partial charge in [-0.2, -0.15) is 0 Å². The largest absolute Gasteiger partial charge is 0.497 e. The summed E-state index contributed by atoms with van der Waals surface area (Å²) in [5.74, 6) is 0.371. The van der Waals surface area contributed by atoms with Crippen LogP contribution in [0.3, 0.4) is 0 Å². The summed E-state index contributed by atoms with van der Waals surface area (Å²) in [4.78, 5) is 13.2. The lowest BCUT2D eigenvalue weighted by Crippen LogP contribution is -2.20. The Kier molecular flexibility index (Phi) is 5.38. The summed E-state index contributed by atoms with van der Waals surface area (Å²) in [6.45, 7) is 2.59. The molecule has 0 saturated carbocycles. The third-order valence-corrected chi connectivity index (χ3v) is 5.66. The van der Waals surface area contributed by atoms with Crippen LogP contribution in [0.25, 0.3) is 0 Å². The fraction of sp³-hybridized carbons (Fsp3) is 0.292. The Bertz CT molecular complexity index is 1020. The fourth-order valence-electron chi connectivity index (χ4n) is 4.18. The molecule has 0 fully saturated rings. The van der Waals surface area contributed by atoms with E-state index in [0.717, 1.165) is 48.2 Å². The van der Waals surface area contributed by atoms with Gasteiger partial charge in [-0.05, 0) is 85.7 Å². The molecule has 1 aliphatic rings. The Balaban J connectivity index is 1.69. The number of hydrogen-bond donors (Lipinski definition) is 1. The van der Waals surface area contributed by atoms with Crippen molar-refractivity contribution in [3.63, 3.8) is 0 Å². The molecule has 0 atom stereocenters. The van der Waals surface area contributed by atoms with E-state index in [1.54, 1.807) is 19.2 Å². The van der Waals surface area contributed by atoms with E-state index in [1.807, 2.05) is 31.2 Å². The van der Waals surface area contributed by atoms with Crippen molar-refractivity contribution in [1.29, 1.82) is 0 Å². The van der Waals surface area contributed by atoms with Crippen LogP contribution >= 0.6 is 0 Å². The van der Waals surface area contributed by atoms with Crippen LogP contribution in [0, 0.1) is 12.7 Å². The summed E-state index contributed by atoms with van der Waals surface area (Å²) in [6.07, 6.45) is 4.24. The van der Waals surface area contributed by atoms with Crippen molar-refractivity contribution in [3.05, 3.63) is 82.4 Å². The van der Waals surface area contributed by atoms with Crippen molar-refractivity contribution in [2.75, 3.05) is 12.4 Å². The molecule has 3 aromatic rings. The van der Waals surface area contributed by atoms with Gasteiger partial charge in [-0.1, -0.05) is 12.1 Å². The average Bonchev–Trinajstić information content (AvgIpc) is 3.02. The number of ether oxygens (including phenoxy) is 1. The third kappa shape index (κ3) is 3.90. The maximum atomic E-state index is 13.3. The van der Waals surface area contributed by atoms with Gasteiger partial charge in [0.25, 0.3) is 5.91 Å². The zero-order chi connectivity index (χ0) is 20.4. The molecular weight excluding hydrogens is 367 g/mol. The molecule has 0 bridgehead atoms. The maximum absolute atomic E-state index is 13.3. The highest BCUT2D eigenvalue weighted by molar-refractivity contribution is 6.04. The van der Waals surface area contributed by atoms with Gasteiger partial charge in [-0.3, -0.25) is 4.79 Å². The lowest BCUT2D eigenvalue weighted by molar-refractivity contribution is 0.101. The minimum atomic E-state index is -0.253. The van der Waals surface area contributed by atoms with Crippen molar-refractivity contribution in [2.24, 2.45) is 0 Å². The second kappa shape index (κ2) is 8.11. The van der Waals surface area contributed by atoms with E-state index < -0.39 is 0 Å². The van der Waals surface area contributed by atoms with Crippen LogP contribution < -0.4 is 10.1 Å². The fourth-order valence-corrected chi connectivity index (χ4v) is 4.18. The number of carbonyl (C=O) groups excluding carboxylic acids is 1. The number of rotatable bonds is 5. The quantitative estimate of drug-likeness (QED) is 0.655. The highest BCUT2D eigenvalue weighted by Crippen LogP contribution is 2.31. The third-order valence-electron chi connectivity index (χ3n) is 5.66. The zero-order valence-electron chi connectivity index (χ0n) is 16.8. The smallest absolute Gasteiger partial charge is 0.272 e. The molecule has 1 heterocycles. The van der Waals surface area contributed by atoms with Crippen LogP contribution in [-0.4, -0.2) is 17.6 Å². The van der Waals surface area contributed by atoms with Gasteiger partial charge in [-0.15, -0.1) is 0 Å². The Labute approximate surface area is 170 Å². The van der Waals surface area contributed by atoms with Crippen molar-refractivity contribution < 1.29 is 13.9 Å². The first-order valence-corrected chi connectivity index (χ1v) is 9.97. The first-order chi connectivity index (χ1) is 14.1. The molecule has 5 heteroatoms. The Morgan fingerprint density at radius 1 is 1.07 bits per heavy atom. The van der Waals surface area contributed by atoms with Crippen LogP contribution in [0.1, 0.15) is 45.7 Å². The molecule has 4 rings (SSSR count). The topological polar surface area (TPSA) is 43.3 Å². The Morgan fingerprint density at radius 2 is 1.76 bits per heavy atom. The number of halogens is 1. The van der Waals surface area contributed by atoms with Gasteiger partial charge in [0.05, 0.1) is 7.11 Å². The number of nitrogens with one attached hydrogen (secondary N) is 1. The summed E-state index contributed by atoms with van der Waals surface area (Å²) in [6, 6.07) is 13.8. The number of fused-ring (bicyclic) bond motifs is 1. The zero-order valence-corrected chi connectivity index (χ0v) is 16.8. The number of amides is 1. The van der Waals surface area contributed by atoms with Gasteiger partial charge in [0.1, 0.15) is 17.3 Å². The predicted molar refractivity (Wildman–Crippen MR) is 112 cm³/mol.